The van der Waals surface area contributed by atoms with Gasteiger partial charge < -0.3 is 10.2 Å². The SMILES string of the molecule is CC[C@H](C)NC(=O)[C@H](Cc1ccccc1)N(Cc1ccc(Br)cc1)C(=O)CN(c1ccc(C)cc1)S(=O)(=O)c1ccc(SC)cc1. The van der Waals surface area contributed by atoms with Crippen LogP contribution < -0.4 is 9.62 Å². The number of thioether (sulfide) groups is 1. The summed E-state index contributed by atoms with van der Waals surface area (Å²) >= 11 is 4.98. The largest absolute Gasteiger partial charge is 0.352 e. The van der Waals surface area contributed by atoms with E-state index < -0.39 is 28.5 Å². The lowest BCUT2D eigenvalue weighted by atomic mass is 10.0. The van der Waals surface area contributed by atoms with Crippen LogP contribution in [0.1, 0.15) is 37.0 Å². The summed E-state index contributed by atoms with van der Waals surface area (Å²) in [7, 11) is -4.16. The number of nitrogens with one attached hydrogen (secondary N) is 1. The molecule has 0 aliphatic carbocycles. The average molecular weight is 723 g/mol. The fraction of sp³-hybridized carbons (Fsp3) is 0.278. The van der Waals surface area contributed by atoms with E-state index in [-0.39, 0.29) is 29.8 Å². The van der Waals surface area contributed by atoms with Gasteiger partial charge in [0.1, 0.15) is 12.6 Å². The van der Waals surface area contributed by atoms with Crippen molar-refractivity contribution in [1.82, 2.24) is 10.2 Å². The Hall–Kier alpha value is -3.60. The lowest BCUT2D eigenvalue weighted by Crippen LogP contribution is -2.54. The molecule has 4 aromatic rings. The fourth-order valence-electron chi connectivity index (χ4n) is 4.90. The third-order valence-electron chi connectivity index (χ3n) is 7.79. The van der Waals surface area contributed by atoms with Gasteiger partial charge in [0.05, 0.1) is 10.6 Å². The summed E-state index contributed by atoms with van der Waals surface area (Å²) in [5.74, 6) is -0.783. The summed E-state index contributed by atoms with van der Waals surface area (Å²) in [6.07, 6.45) is 2.90. The third-order valence-corrected chi connectivity index (χ3v) is 10.8. The Morgan fingerprint density at radius 3 is 2.09 bits per heavy atom. The molecule has 0 aliphatic rings. The maximum absolute atomic E-state index is 14.6. The molecule has 0 saturated heterocycles. The number of carbonyl (C=O) groups excluding carboxylic acids is 2. The van der Waals surface area contributed by atoms with E-state index in [9.17, 15) is 18.0 Å². The second-order valence-corrected chi connectivity index (χ2v) is 14.9. The Kier molecular flexibility index (Phi) is 12.5. The molecule has 0 aromatic heterocycles. The van der Waals surface area contributed by atoms with Gasteiger partial charge in [0, 0.05) is 28.4 Å². The molecule has 4 rings (SSSR count). The molecule has 4 aromatic carbocycles. The Morgan fingerprint density at radius 2 is 1.50 bits per heavy atom. The minimum absolute atomic E-state index is 0.0773. The molecular formula is C36H40BrN3O4S2. The highest BCUT2D eigenvalue weighted by Crippen LogP contribution is 2.27. The number of amides is 2. The van der Waals surface area contributed by atoms with Crippen LogP contribution in [-0.4, -0.2) is 50.0 Å². The van der Waals surface area contributed by atoms with Crippen molar-refractivity contribution in [1.29, 1.82) is 0 Å². The third kappa shape index (κ3) is 9.24. The van der Waals surface area contributed by atoms with Crippen molar-refractivity contribution in [2.75, 3.05) is 17.1 Å². The molecule has 242 valence electrons. The Balaban J connectivity index is 1.80. The van der Waals surface area contributed by atoms with E-state index in [2.05, 4.69) is 21.2 Å². The first kappa shape index (κ1) is 35.3. The molecule has 0 radical (unpaired) electrons. The van der Waals surface area contributed by atoms with Gasteiger partial charge >= 0.3 is 0 Å². The van der Waals surface area contributed by atoms with Crippen molar-refractivity contribution in [3.63, 3.8) is 0 Å². The van der Waals surface area contributed by atoms with E-state index in [0.717, 1.165) is 36.8 Å². The normalized spacial score (nSPS) is 12.6. The minimum atomic E-state index is -4.16. The molecule has 10 heteroatoms. The Morgan fingerprint density at radius 1 is 0.870 bits per heavy atom. The molecule has 0 heterocycles. The molecule has 2 atom stereocenters. The summed E-state index contributed by atoms with van der Waals surface area (Å²) in [6, 6.07) is 29.7. The first-order valence-electron chi connectivity index (χ1n) is 15.1. The molecule has 0 unspecified atom stereocenters. The Bertz CT molecular complexity index is 1700. The van der Waals surface area contributed by atoms with Gasteiger partial charge in [-0.25, -0.2) is 8.42 Å². The number of benzene rings is 4. The zero-order valence-corrected chi connectivity index (χ0v) is 29.7. The highest BCUT2D eigenvalue weighted by atomic mass is 79.9. The van der Waals surface area contributed by atoms with Gasteiger partial charge in [-0.15, -0.1) is 11.8 Å². The molecule has 0 saturated carbocycles. The van der Waals surface area contributed by atoms with E-state index >= 15 is 0 Å². The standard InChI is InChI=1S/C36H40BrN3O4S2/c1-5-27(3)38-36(42)34(23-28-9-7-6-8-10-28)39(24-29-13-15-30(37)16-14-29)35(41)25-40(31-17-11-26(2)12-18-31)46(43,44)33-21-19-32(45-4)20-22-33/h6-22,27,34H,5,23-25H2,1-4H3,(H,38,42)/t27-,34-/m0/s1. The lowest BCUT2D eigenvalue weighted by molar-refractivity contribution is -0.140. The summed E-state index contributed by atoms with van der Waals surface area (Å²) in [4.78, 5) is 31.0. The smallest absolute Gasteiger partial charge is 0.264 e. The molecule has 0 aliphatic heterocycles. The van der Waals surface area contributed by atoms with Crippen molar-refractivity contribution in [2.45, 2.75) is 62.0 Å². The number of sulfonamides is 1. The summed E-state index contributed by atoms with van der Waals surface area (Å²) in [5.41, 5.74) is 3.01. The number of hydrogen-bond donors (Lipinski definition) is 1. The predicted octanol–water partition coefficient (Wildman–Crippen LogP) is 7.23. The maximum Gasteiger partial charge on any atom is 0.264 e. The summed E-state index contributed by atoms with van der Waals surface area (Å²) in [5, 5.41) is 3.06. The summed E-state index contributed by atoms with van der Waals surface area (Å²) in [6.45, 7) is 5.44. The van der Waals surface area contributed by atoms with Crippen LogP contribution in [0, 0.1) is 6.92 Å². The van der Waals surface area contributed by atoms with E-state index in [4.69, 9.17) is 0 Å². The number of rotatable bonds is 14. The fourth-order valence-corrected chi connectivity index (χ4v) is 6.98. The van der Waals surface area contributed by atoms with Gasteiger partial charge in [0.15, 0.2) is 0 Å². The molecular weight excluding hydrogens is 682 g/mol. The average Bonchev–Trinajstić information content (AvgIpc) is 3.06. The number of aryl methyl sites for hydroxylation is 1. The van der Waals surface area contributed by atoms with Gasteiger partial charge in [-0.3, -0.25) is 13.9 Å². The van der Waals surface area contributed by atoms with Gasteiger partial charge in [-0.2, -0.15) is 0 Å². The van der Waals surface area contributed by atoms with E-state index in [1.54, 1.807) is 36.4 Å². The van der Waals surface area contributed by atoms with Crippen molar-refractivity contribution >= 4 is 55.2 Å². The van der Waals surface area contributed by atoms with Crippen LogP contribution in [0.2, 0.25) is 0 Å². The van der Waals surface area contributed by atoms with Crippen LogP contribution >= 0.6 is 27.7 Å². The molecule has 46 heavy (non-hydrogen) atoms. The van der Waals surface area contributed by atoms with Crippen molar-refractivity contribution in [3.05, 3.63) is 124 Å². The highest BCUT2D eigenvalue weighted by Gasteiger charge is 2.35. The molecule has 0 bridgehead atoms. The van der Waals surface area contributed by atoms with Gasteiger partial charge in [0.2, 0.25) is 11.8 Å². The second kappa shape index (κ2) is 16.3. The molecule has 0 fully saturated rings. The molecule has 1 N–H and O–H groups in total. The topological polar surface area (TPSA) is 86.8 Å². The monoisotopic (exact) mass is 721 g/mol. The van der Waals surface area contributed by atoms with E-state index in [1.165, 1.54) is 16.7 Å². The number of nitrogens with zero attached hydrogens (tertiary/aromatic N) is 2. The van der Waals surface area contributed by atoms with Crippen LogP contribution in [-0.2, 0) is 32.6 Å². The van der Waals surface area contributed by atoms with E-state index in [1.807, 2.05) is 93.8 Å². The lowest BCUT2D eigenvalue weighted by Gasteiger charge is -2.34. The number of anilines is 1. The van der Waals surface area contributed by atoms with Gasteiger partial charge in [-0.1, -0.05) is 83.0 Å². The zero-order chi connectivity index (χ0) is 33.3. The zero-order valence-electron chi connectivity index (χ0n) is 26.5. The highest BCUT2D eigenvalue weighted by molar-refractivity contribution is 9.10. The number of carbonyl (C=O) groups is 2. The van der Waals surface area contributed by atoms with Crippen LogP contribution in [0.4, 0.5) is 5.69 Å². The van der Waals surface area contributed by atoms with E-state index in [0.29, 0.717) is 5.69 Å². The van der Waals surface area contributed by atoms with Crippen molar-refractivity contribution < 1.29 is 18.0 Å². The first-order valence-corrected chi connectivity index (χ1v) is 18.6. The van der Waals surface area contributed by atoms with Crippen LogP contribution in [0.15, 0.2) is 117 Å². The number of hydrogen-bond acceptors (Lipinski definition) is 5. The molecule has 2 amide bonds. The minimum Gasteiger partial charge on any atom is -0.352 e. The molecule has 7 nitrogen and oxygen atoms in total. The maximum atomic E-state index is 14.6. The first-order chi connectivity index (χ1) is 22.0. The van der Waals surface area contributed by atoms with Gasteiger partial charge in [0.25, 0.3) is 10.0 Å². The second-order valence-electron chi connectivity index (χ2n) is 11.2. The quantitative estimate of drug-likeness (QED) is 0.139. The summed E-state index contributed by atoms with van der Waals surface area (Å²) < 4.78 is 30.5. The Labute approximate surface area is 285 Å². The van der Waals surface area contributed by atoms with Gasteiger partial charge in [-0.05, 0) is 86.2 Å². The molecule has 0 spiro atoms. The van der Waals surface area contributed by atoms with Crippen molar-refractivity contribution in [2.24, 2.45) is 0 Å². The van der Waals surface area contributed by atoms with Crippen LogP contribution in [0.5, 0.6) is 0 Å². The predicted molar refractivity (Wildman–Crippen MR) is 190 cm³/mol. The van der Waals surface area contributed by atoms with Crippen LogP contribution in [0.3, 0.4) is 0 Å². The van der Waals surface area contributed by atoms with Crippen molar-refractivity contribution in [3.8, 4) is 0 Å². The van der Waals surface area contributed by atoms with Crippen LogP contribution in [0.25, 0.3) is 0 Å². The number of halogens is 1.